The van der Waals surface area contributed by atoms with Gasteiger partial charge in [-0.05, 0) is 60.0 Å². The van der Waals surface area contributed by atoms with Crippen molar-refractivity contribution in [2.75, 3.05) is 13.2 Å². The van der Waals surface area contributed by atoms with Gasteiger partial charge >= 0.3 is 18.9 Å². The van der Waals surface area contributed by atoms with Gasteiger partial charge in [-0.15, -0.1) is 0 Å². The number of alkyl carbamates (subject to hydrolysis) is 1. The highest BCUT2D eigenvalue weighted by molar-refractivity contribution is 6.62. The molecule has 0 saturated carbocycles. The first-order chi connectivity index (χ1) is 13.2. The van der Waals surface area contributed by atoms with E-state index in [2.05, 4.69) is 5.32 Å². The van der Waals surface area contributed by atoms with Gasteiger partial charge in [-0.25, -0.2) is 4.79 Å². The third kappa shape index (κ3) is 5.83. The lowest BCUT2D eigenvalue weighted by Gasteiger charge is -2.32. The maximum Gasteiger partial charge on any atom is 0.495 e. The standard InChI is InChI=1S/C19H29BN2O7/c1-17(2,3)27-16(23)21-10-11-26-15-9-8-13(12-14(15)22(24)25)20-28-18(4,5)19(6,7)29-20/h8-9,12H,10-11H2,1-7H3,(H,21,23). The number of nitrogens with zero attached hydrogens (tertiary/aromatic N) is 1. The molecule has 1 N–H and O–H groups in total. The summed E-state index contributed by atoms with van der Waals surface area (Å²) >= 11 is 0. The van der Waals surface area contributed by atoms with E-state index < -0.39 is 34.9 Å². The number of nitro benzene ring substituents is 1. The Bertz CT molecular complexity index is 758. The maximum absolute atomic E-state index is 11.6. The Morgan fingerprint density at radius 2 is 1.79 bits per heavy atom. The molecular weight excluding hydrogens is 379 g/mol. The molecule has 0 aliphatic carbocycles. The van der Waals surface area contributed by atoms with Gasteiger partial charge in [0.15, 0.2) is 5.75 Å². The SMILES string of the molecule is CC(C)(C)OC(=O)NCCOc1ccc(B2OC(C)(C)C(C)(C)O2)cc1[N+](=O)[O-]. The van der Waals surface area contributed by atoms with Crippen molar-refractivity contribution in [1.82, 2.24) is 5.32 Å². The van der Waals surface area contributed by atoms with Gasteiger partial charge < -0.3 is 24.1 Å². The van der Waals surface area contributed by atoms with Crippen LogP contribution >= 0.6 is 0 Å². The molecule has 160 valence electrons. The lowest BCUT2D eigenvalue weighted by molar-refractivity contribution is -0.385. The Morgan fingerprint density at radius 3 is 2.31 bits per heavy atom. The summed E-state index contributed by atoms with van der Waals surface area (Å²) in [5.74, 6) is 0.0984. The molecule has 9 nitrogen and oxygen atoms in total. The first kappa shape index (κ1) is 23.0. The van der Waals surface area contributed by atoms with Crippen LogP contribution in [0.2, 0.25) is 0 Å². The van der Waals surface area contributed by atoms with Crippen LogP contribution in [0.25, 0.3) is 0 Å². The fraction of sp³-hybridized carbons (Fsp3) is 0.632. The molecule has 0 unspecified atom stereocenters. The van der Waals surface area contributed by atoms with E-state index in [0.29, 0.717) is 5.46 Å². The molecule has 0 atom stereocenters. The zero-order valence-electron chi connectivity index (χ0n) is 18.0. The molecule has 1 aromatic carbocycles. The van der Waals surface area contributed by atoms with Crippen molar-refractivity contribution >= 4 is 24.4 Å². The zero-order chi connectivity index (χ0) is 22.0. The second kappa shape index (κ2) is 8.20. The summed E-state index contributed by atoms with van der Waals surface area (Å²) in [5, 5.41) is 14.0. The lowest BCUT2D eigenvalue weighted by Crippen LogP contribution is -2.41. The molecule has 2 rings (SSSR count). The van der Waals surface area contributed by atoms with Gasteiger partial charge in [0.25, 0.3) is 0 Å². The van der Waals surface area contributed by atoms with Crippen molar-refractivity contribution < 1.29 is 28.5 Å². The van der Waals surface area contributed by atoms with Crippen LogP contribution in [0.15, 0.2) is 18.2 Å². The van der Waals surface area contributed by atoms with E-state index in [0.717, 1.165) is 0 Å². The number of carbonyl (C=O) groups excluding carboxylic acids is 1. The fourth-order valence-corrected chi connectivity index (χ4v) is 2.55. The normalized spacial score (nSPS) is 17.7. The van der Waals surface area contributed by atoms with Crippen molar-refractivity contribution in [2.24, 2.45) is 0 Å². The highest BCUT2D eigenvalue weighted by Gasteiger charge is 2.52. The monoisotopic (exact) mass is 408 g/mol. The highest BCUT2D eigenvalue weighted by atomic mass is 16.7. The summed E-state index contributed by atoms with van der Waals surface area (Å²) in [6.45, 7) is 13.1. The average Bonchev–Trinajstić information content (AvgIpc) is 2.77. The van der Waals surface area contributed by atoms with Crippen molar-refractivity contribution in [3.8, 4) is 5.75 Å². The minimum atomic E-state index is -0.707. The fourth-order valence-electron chi connectivity index (χ4n) is 2.55. The van der Waals surface area contributed by atoms with E-state index in [9.17, 15) is 14.9 Å². The summed E-state index contributed by atoms with van der Waals surface area (Å²) in [6.07, 6.45) is -0.577. The average molecular weight is 408 g/mol. The van der Waals surface area contributed by atoms with Crippen LogP contribution in [-0.2, 0) is 14.0 Å². The largest absolute Gasteiger partial charge is 0.495 e. The number of amides is 1. The summed E-state index contributed by atoms with van der Waals surface area (Å²) in [6, 6.07) is 4.57. The van der Waals surface area contributed by atoms with Crippen molar-refractivity contribution in [1.29, 1.82) is 0 Å². The van der Waals surface area contributed by atoms with E-state index in [1.165, 1.54) is 12.1 Å². The summed E-state index contributed by atoms with van der Waals surface area (Å²) in [7, 11) is -0.707. The molecule has 0 spiro atoms. The van der Waals surface area contributed by atoms with Gasteiger partial charge in [-0.2, -0.15) is 0 Å². The molecule has 10 heteroatoms. The Morgan fingerprint density at radius 1 is 1.21 bits per heavy atom. The van der Waals surface area contributed by atoms with Crippen LogP contribution < -0.4 is 15.5 Å². The van der Waals surface area contributed by atoms with E-state index in [1.807, 2.05) is 27.7 Å². The third-order valence-electron chi connectivity index (χ3n) is 4.73. The van der Waals surface area contributed by atoms with Crippen LogP contribution in [-0.4, -0.2) is 48.1 Å². The van der Waals surface area contributed by atoms with Crippen LogP contribution in [0.5, 0.6) is 5.75 Å². The van der Waals surface area contributed by atoms with Gasteiger partial charge in [0.05, 0.1) is 22.7 Å². The molecule has 29 heavy (non-hydrogen) atoms. The molecule has 1 aromatic rings. The van der Waals surface area contributed by atoms with E-state index in [1.54, 1.807) is 26.8 Å². The van der Waals surface area contributed by atoms with Gasteiger partial charge in [0, 0.05) is 6.07 Å². The molecule has 0 radical (unpaired) electrons. The summed E-state index contributed by atoms with van der Waals surface area (Å²) in [4.78, 5) is 22.6. The topological polar surface area (TPSA) is 109 Å². The Hall–Kier alpha value is -2.33. The minimum absolute atomic E-state index is 0.0515. The van der Waals surface area contributed by atoms with Crippen LogP contribution in [0.1, 0.15) is 48.5 Å². The molecule has 1 saturated heterocycles. The number of rotatable bonds is 6. The number of carbonyl (C=O) groups is 1. The number of ether oxygens (including phenoxy) is 2. The summed E-state index contributed by atoms with van der Waals surface area (Å²) < 4.78 is 22.5. The molecular formula is C19H29BN2O7. The first-order valence-corrected chi connectivity index (χ1v) is 9.45. The zero-order valence-corrected chi connectivity index (χ0v) is 18.0. The second-order valence-electron chi connectivity index (χ2n) is 8.85. The quantitative estimate of drug-likeness (QED) is 0.334. The number of hydrogen-bond donors (Lipinski definition) is 1. The van der Waals surface area contributed by atoms with E-state index in [4.69, 9.17) is 18.8 Å². The van der Waals surface area contributed by atoms with Gasteiger partial charge in [-0.3, -0.25) is 10.1 Å². The van der Waals surface area contributed by atoms with Gasteiger partial charge in [-0.1, -0.05) is 6.07 Å². The lowest BCUT2D eigenvalue weighted by atomic mass is 9.79. The molecule has 1 aliphatic heterocycles. The van der Waals surface area contributed by atoms with Crippen LogP contribution in [0.3, 0.4) is 0 Å². The highest BCUT2D eigenvalue weighted by Crippen LogP contribution is 2.37. The number of nitro groups is 1. The number of hydrogen-bond acceptors (Lipinski definition) is 7. The maximum atomic E-state index is 11.6. The smallest absolute Gasteiger partial charge is 0.485 e. The molecule has 1 fully saturated rings. The summed E-state index contributed by atoms with van der Waals surface area (Å²) in [5.41, 5.74) is -1.36. The molecule has 1 heterocycles. The number of nitrogens with one attached hydrogen (secondary N) is 1. The predicted molar refractivity (Wildman–Crippen MR) is 109 cm³/mol. The van der Waals surface area contributed by atoms with Crippen molar-refractivity contribution in [3.63, 3.8) is 0 Å². The molecule has 0 aromatic heterocycles. The van der Waals surface area contributed by atoms with Crippen LogP contribution in [0, 0.1) is 10.1 Å². The van der Waals surface area contributed by atoms with Crippen LogP contribution in [0.4, 0.5) is 10.5 Å². The second-order valence-corrected chi connectivity index (χ2v) is 8.85. The van der Waals surface area contributed by atoms with Crippen molar-refractivity contribution in [3.05, 3.63) is 28.3 Å². The van der Waals surface area contributed by atoms with Gasteiger partial charge in [0.2, 0.25) is 0 Å². The Labute approximate surface area is 171 Å². The minimum Gasteiger partial charge on any atom is -0.485 e. The van der Waals surface area contributed by atoms with Gasteiger partial charge in [0.1, 0.15) is 12.2 Å². The van der Waals surface area contributed by atoms with E-state index >= 15 is 0 Å². The molecule has 0 bridgehead atoms. The Kier molecular flexibility index (Phi) is 6.49. The predicted octanol–water partition coefficient (Wildman–Crippen LogP) is 2.80. The first-order valence-electron chi connectivity index (χ1n) is 9.45. The molecule has 1 amide bonds. The molecule has 1 aliphatic rings. The Balaban J connectivity index is 2.02. The third-order valence-corrected chi connectivity index (χ3v) is 4.73. The number of benzene rings is 1. The van der Waals surface area contributed by atoms with Crippen molar-refractivity contribution in [2.45, 2.75) is 65.3 Å². The van der Waals surface area contributed by atoms with E-state index in [-0.39, 0.29) is 24.6 Å².